The summed E-state index contributed by atoms with van der Waals surface area (Å²) in [6.07, 6.45) is 4.38. The summed E-state index contributed by atoms with van der Waals surface area (Å²) >= 11 is 1.77. The number of rotatable bonds is 2. The number of ether oxygens (including phenoxy) is 1. The monoisotopic (exact) mass is 269 g/mol. The fourth-order valence-corrected chi connectivity index (χ4v) is 3.05. The first kappa shape index (κ1) is 12.2. The molecule has 0 N–H and O–H groups in total. The van der Waals surface area contributed by atoms with E-state index in [2.05, 4.69) is 52.9 Å². The lowest BCUT2D eigenvalue weighted by molar-refractivity contribution is 0.415. The van der Waals surface area contributed by atoms with E-state index in [1.165, 1.54) is 16.1 Å². The van der Waals surface area contributed by atoms with E-state index in [4.69, 9.17) is 4.74 Å². The third kappa shape index (κ3) is 2.61. The molecule has 3 heteroatoms. The van der Waals surface area contributed by atoms with E-state index < -0.39 is 0 Å². The van der Waals surface area contributed by atoms with Gasteiger partial charge in [0.25, 0.3) is 0 Å². The van der Waals surface area contributed by atoms with Crippen LogP contribution in [0.25, 0.3) is 6.08 Å². The minimum atomic E-state index is 0.888. The van der Waals surface area contributed by atoms with E-state index in [9.17, 15) is 0 Å². The second kappa shape index (κ2) is 5.41. The fourth-order valence-electron chi connectivity index (χ4n) is 2.04. The van der Waals surface area contributed by atoms with Gasteiger partial charge in [0.2, 0.25) is 0 Å². The van der Waals surface area contributed by atoms with Gasteiger partial charge in [-0.15, -0.1) is 0 Å². The molecule has 1 heterocycles. The number of anilines is 1. The Labute approximate surface area is 117 Å². The van der Waals surface area contributed by atoms with Crippen molar-refractivity contribution in [3.63, 3.8) is 0 Å². The zero-order chi connectivity index (χ0) is 13.1. The maximum atomic E-state index is 5.20. The Kier molecular flexibility index (Phi) is 3.47. The third-order valence-corrected chi connectivity index (χ3v) is 4.21. The van der Waals surface area contributed by atoms with Gasteiger partial charge in [-0.05, 0) is 47.8 Å². The van der Waals surface area contributed by atoms with Crippen molar-refractivity contribution < 1.29 is 4.74 Å². The van der Waals surface area contributed by atoms with Crippen molar-refractivity contribution in [1.29, 1.82) is 0 Å². The molecule has 0 saturated heterocycles. The van der Waals surface area contributed by atoms with E-state index in [-0.39, 0.29) is 0 Å². The molecular weight excluding hydrogens is 254 g/mol. The molecule has 0 radical (unpaired) electrons. The number of hydrogen-bond acceptors (Lipinski definition) is 3. The molecule has 1 aliphatic rings. The van der Waals surface area contributed by atoms with Gasteiger partial charge < -0.3 is 9.04 Å². The van der Waals surface area contributed by atoms with Crippen LogP contribution < -0.4 is 9.04 Å². The van der Waals surface area contributed by atoms with Gasteiger partial charge in [0.1, 0.15) is 5.75 Å². The highest BCUT2D eigenvalue weighted by atomic mass is 32.2. The minimum Gasteiger partial charge on any atom is -0.497 e. The van der Waals surface area contributed by atoms with Gasteiger partial charge in [0.05, 0.1) is 7.11 Å². The zero-order valence-corrected chi connectivity index (χ0v) is 11.6. The molecule has 19 heavy (non-hydrogen) atoms. The second-order valence-corrected chi connectivity index (χ2v) is 5.35. The quantitative estimate of drug-likeness (QED) is 0.757. The molecule has 0 spiro atoms. The lowest BCUT2D eigenvalue weighted by Crippen LogP contribution is -2.12. The smallest absolute Gasteiger partial charge is 0.119 e. The summed E-state index contributed by atoms with van der Waals surface area (Å²) in [5, 5.41) is 0. The highest BCUT2D eigenvalue weighted by Crippen LogP contribution is 2.34. The van der Waals surface area contributed by atoms with Gasteiger partial charge in [-0.2, -0.15) is 0 Å². The van der Waals surface area contributed by atoms with Crippen LogP contribution in [-0.2, 0) is 0 Å². The first-order valence-electron chi connectivity index (χ1n) is 6.22. The van der Waals surface area contributed by atoms with Gasteiger partial charge in [-0.25, -0.2) is 0 Å². The van der Waals surface area contributed by atoms with Crippen LogP contribution in [0.15, 0.2) is 59.5 Å². The third-order valence-electron chi connectivity index (χ3n) is 3.06. The number of hydrogen-bond donors (Lipinski definition) is 0. The molecule has 0 amide bonds. The largest absolute Gasteiger partial charge is 0.497 e. The zero-order valence-electron chi connectivity index (χ0n) is 10.7. The van der Waals surface area contributed by atoms with Gasteiger partial charge in [-0.3, -0.25) is 0 Å². The maximum Gasteiger partial charge on any atom is 0.119 e. The van der Waals surface area contributed by atoms with Crippen LogP contribution in [0.2, 0.25) is 0 Å². The molecular formula is C16H15NOS. The molecule has 3 rings (SSSR count). The normalized spacial score (nSPS) is 13.8. The highest BCUT2D eigenvalue weighted by Gasteiger charge is 2.12. The van der Waals surface area contributed by atoms with Crippen LogP contribution in [-0.4, -0.2) is 13.7 Å². The molecule has 0 saturated carbocycles. The average molecular weight is 269 g/mol. The summed E-state index contributed by atoms with van der Waals surface area (Å²) in [5.74, 6) is 0.888. The van der Waals surface area contributed by atoms with Crippen LogP contribution in [0.3, 0.4) is 0 Å². The summed E-state index contributed by atoms with van der Waals surface area (Å²) in [6.45, 7) is 0.895. The van der Waals surface area contributed by atoms with Crippen LogP contribution in [0.5, 0.6) is 5.75 Å². The predicted molar refractivity (Wildman–Crippen MR) is 81.7 cm³/mol. The van der Waals surface area contributed by atoms with Crippen molar-refractivity contribution in [2.24, 2.45) is 0 Å². The van der Waals surface area contributed by atoms with Gasteiger partial charge in [-0.1, -0.05) is 30.4 Å². The van der Waals surface area contributed by atoms with Crippen molar-refractivity contribution in [2.75, 3.05) is 18.0 Å². The van der Waals surface area contributed by atoms with Crippen molar-refractivity contribution in [3.05, 3.63) is 60.2 Å². The molecule has 0 fully saturated rings. The molecule has 96 valence electrons. The standard InChI is InChI=1S/C16H15NOS/c1-18-15-10-8-14(9-11-15)17-12-4-6-13-5-2-3-7-16(13)19-17/h2-11H,12H2,1H3. The van der Waals surface area contributed by atoms with E-state index in [0.717, 1.165) is 12.3 Å². The topological polar surface area (TPSA) is 12.5 Å². The number of benzene rings is 2. The first-order valence-corrected chi connectivity index (χ1v) is 6.99. The van der Waals surface area contributed by atoms with E-state index in [1.54, 1.807) is 19.1 Å². The summed E-state index contributed by atoms with van der Waals surface area (Å²) in [5.41, 5.74) is 2.47. The Morgan fingerprint density at radius 2 is 1.84 bits per heavy atom. The SMILES string of the molecule is COc1ccc(N2CC=Cc3ccccc3S2)cc1. The maximum absolute atomic E-state index is 5.20. The molecule has 1 aliphatic heterocycles. The molecule has 0 bridgehead atoms. The van der Waals surface area contributed by atoms with E-state index in [1.807, 2.05) is 12.1 Å². The lowest BCUT2D eigenvalue weighted by Gasteiger charge is -2.21. The van der Waals surface area contributed by atoms with Crippen molar-refractivity contribution >= 4 is 23.7 Å². The molecule has 2 aromatic rings. The number of nitrogens with zero attached hydrogens (tertiary/aromatic N) is 1. The number of methoxy groups -OCH3 is 1. The van der Waals surface area contributed by atoms with Crippen molar-refractivity contribution in [3.8, 4) is 5.75 Å². The Bertz CT molecular complexity index is 592. The van der Waals surface area contributed by atoms with Crippen LogP contribution in [0.1, 0.15) is 5.56 Å². The number of fused-ring (bicyclic) bond motifs is 1. The summed E-state index contributed by atoms with van der Waals surface area (Å²) in [7, 11) is 1.69. The molecule has 2 nitrogen and oxygen atoms in total. The van der Waals surface area contributed by atoms with Crippen molar-refractivity contribution in [2.45, 2.75) is 4.90 Å². The molecule has 0 aliphatic carbocycles. The van der Waals surface area contributed by atoms with Gasteiger partial charge in [0, 0.05) is 17.1 Å². The Morgan fingerprint density at radius 1 is 1.05 bits per heavy atom. The summed E-state index contributed by atoms with van der Waals surface area (Å²) in [6, 6.07) is 16.6. The van der Waals surface area contributed by atoms with Crippen LogP contribution >= 0.6 is 11.9 Å². The van der Waals surface area contributed by atoms with Gasteiger partial charge in [0.15, 0.2) is 0 Å². The lowest BCUT2D eigenvalue weighted by atomic mass is 10.2. The summed E-state index contributed by atoms with van der Waals surface area (Å²) < 4.78 is 7.48. The van der Waals surface area contributed by atoms with Crippen molar-refractivity contribution in [1.82, 2.24) is 0 Å². The second-order valence-electron chi connectivity index (χ2n) is 4.29. The molecule has 0 aromatic heterocycles. The molecule has 0 atom stereocenters. The first-order chi connectivity index (χ1) is 9.36. The van der Waals surface area contributed by atoms with E-state index >= 15 is 0 Å². The highest BCUT2D eigenvalue weighted by molar-refractivity contribution is 8.00. The van der Waals surface area contributed by atoms with Crippen LogP contribution in [0.4, 0.5) is 5.69 Å². The fraction of sp³-hybridized carbons (Fsp3) is 0.125. The Balaban J connectivity index is 1.88. The Morgan fingerprint density at radius 3 is 2.63 bits per heavy atom. The summed E-state index contributed by atoms with van der Waals surface area (Å²) in [4.78, 5) is 1.28. The Hall–Kier alpha value is -1.87. The van der Waals surface area contributed by atoms with E-state index in [0.29, 0.717) is 0 Å². The molecule has 2 aromatic carbocycles. The molecule has 0 unspecified atom stereocenters. The van der Waals surface area contributed by atoms with Gasteiger partial charge >= 0.3 is 0 Å². The van der Waals surface area contributed by atoms with Crippen LogP contribution in [0, 0.1) is 0 Å². The average Bonchev–Trinajstić information content (AvgIpc) is 2.69. The minimum absolute atomic E-state index is 0.888. The predicted octanol–water partition coefficient (Wildman–Crippen LogP) is 4.24.